The van der Waals surface area contributed by atoms with Crippen LogP contribution in [0.5, 0.6) is 28.7 Å². The molecule has 2 aromatic carbocycles. The van der Waals surface area contributed by atoms with E-state index in [0.717, 1.165) is 0 Å². The van der Waals surface area contributed by atoms with Crippen molar-refractivity contribution >= 4 is 5.78 Å². The molecule has 7 heteroatoms. The maximum atomic E-state index is 12.4. The normalized spacial score (nSPS) is 19.4. The van der Waals surface area contributed by atoms with Crippen LogP contribution in [0, 0.1) is 0 Å². The Kier molecular flexibility index (Phi) is 3.94. The summed E-state index contributed by atoms with van der Waals surface area (Å²) in [6.07, 6.45) is -2.56. The molecule has 3 rings (SSSR count). The van der Waals surface area contributed by atoms with Crippen LogP contribution in [0.4, 0.5) is 0 Å². The zero-order valence-electron chi connectivity index (χ0n) is 13.0. The lowest BCUT2D eigenvalue weighted by Crippen LogP contribution is -2.36. The minimum atomic E-state index is -1.52. The molecule has 1 aliphatic heterocycles. The molecule has 126 valence electrons. The second kappa shape index (κ2) is 5.93. The van der Waals surface area contributed by atoms with Crippen LogP contribution in [0.1, 0.15) is 22.0 Å². The van der Waals surface area contributed by atoms with Crippen molar-refractivity contribution < 1.29 is 34.3 Å². The number of phenols is 2. The van der Waals surface area contributed by atoms with Crippen LogP contribution in [0.25, 0.3) is 0 Å². The molecule has 0 saturated carbocycles. The number of ketones is 1. The van der Waals surface area contributed by atoms with Gasteiger partial charge in [-0.2, -0.15) is 0 Å². The number of aliphatic hydroxyl groups is 1. The van der Waals surface area contributed by atoms with Crippen molar-refractivity contribution in [2.45, 2.75) is 12.2 Å². The van der Waals surface area contributed by atoms with Gasteiger partial charge < -0.3 is 29.5 Å². The Morgan fingerprint density at radius 1 is 1.04 bits per heavy atom. The molecular weight excluding hydrogens is 316 g/mol. The fraction of sp³-hybridized carbons (Fsp3) is 0.235. The highest BCUT2D eigenvalue weighted by atomic mass is 16.5. The molecule has 0 bridgehead atoms. The first-order valence-electron chi connectivity index (χ1n) is 7.13. The molecule has 24 heavy (non-hydrogen) atoms. The first-order chi connectivity index (χ1) is 11.5. The summed E-state index contributed by atoms with van der Waals surface area (Å²) in [5, 5.41) is 30.1. The molecule has 0 radical (unpaired) electrons. The number of methoxy groups -OCH3 is 2. The number of carbonyl (C=O) groups is 1. The van der Waals surface area contributed by atoms with Gasteiger partial charge in [0.05, 0.1) is 14.2 Å². The number of carbonyl (C=O) groups excluding carboxylic acids is 1. The molecule has 3 N–H and O–H groups in total. The van der Waals surface area contributed by atoms with E-state index in [1.165, 1.54) is 38.5 Å². The number of Topliss-reactive ketones (excluding diaryl/α,β-unsaturated/α-hetero) is 1. The number of phenolic OH excluding ortho intramolecular Hbond substituents is 2. The molecule has 0 aromatic heterocycles. The van der Waals surface area contributed by atoms with Gasteiger partial charge in [-0.1, -0.05) is 6.07 Å². The monoisotopic (exact) mass is 332 g/mol. The Morgan fingerprint density at radius 3 is 2.42 bits per heavy atom. The summed E-state index contributed by atoms with van der Waals surface area (Å²) in [5.74, 6) is -0.469. The second-order valence-electron chi connectivity index (χ2n) is 5.30. The number of benzene rings is 2. The summed E-state index contributed by atoms with van der Waals surface area (Å²) in [7, 11) is 2.83. The summed E-state index contributed by atoms with van der Waals surface area (Å²) < 4.78 is 15.7. The Labute approximate surface area is 137 Å². The SMILES string of the molecule is COc1cc(O)c2c(c1)OC(c1ccc(OC)c(O)c1)C(O)C2=O. The molecule has 2 atom stereocenters. The van der Waals surface area contributed by atoms with Crippen molar-refractivity contribution in [2.24, 2.45) is 0 Å². The first-order valence-corrected chi connectivity index (χ1v) is 7.13. The van der Waals surface area contributed by atoms with Gasteiger partial charge in [0.2, 0.25) is 5.78 Å². The van der Waals surface area contributed by atoms with Gasteiger partial charge in [0.15, 0.2) is 23.7 Å². The standard InChI is InChI=1S/C17H16O7/c1-22-9-6-11(19)14-13(7-9)24-17(16(21)15(14)20)8-3-4-12(23-2)10(18)5-8/h3-7,16-19,21H,1-2H3. The lowest BCUT2D eigenvalue weighted by Gasteiger charge is -2.30. The molecule has 0 amide bonds. The largest absolute Gasteiger partial charge is 0.507 e. The van der Waals surface area contributed by atoms with Crippen LogP contribution in [0.15, 0.2) is 30.3 Å². The highest BCUT2D eigenvalue weighted by molar-refractivity contribution is 6.05. The van der Waals surface area contributed by atoms with Crippen molar-refractivity contribution in [1.82, 2.24) is 0 Å². The lowest BCUT2D eigenvalue weighted by molar-refractivity contribution is 0.0210. The fourth-order valence-corrected chi connectivity index (χ4v) is 2.66. The van der Waals surface area contributed by atoms with Crippen molar-refractivity contribution in [1.29, 1.82) is 0 Å². The smallest absolute Gasteiger partial charge is 0.202 e. The third kappa shape index (κ3) is 2.48. The summed E-state index contributed by atoms with van der Waals surface area (Å²) in [6, 6.07) is 7.15. The van der Waals surface area contributed by atoms with Crippen LogP contribution < -0.4 is 14.2 Å². The van der Waals surface area contributed by atoms with Crippen LogP contribution in [0.3, 0.4) is 0 Å². The third-order valence-electron chi connectivity index (χ3n) is 3.88. The van der Waals surface area contributed by atoms with E-state index < -0.39 is 18.0 Å². The summed E-state index contributed by atoms with van der Waals surface area (Å²) in [6.45, 7) is 0. The molecule has 2 aromatic rings. The van der Waals surface area contributed by atoms with Gasteiger partial charge in [-0.15, -0.1) is 0 Å². The molecule has 1 aliphatic rings. The fourth-order valence-electron chi connectivity index (χ4n) is 2.66. The van der Waals surface area contributed by atoms with Crippen LogP contribution in [-0.2, 0) is 0 Å². The molecule has 0 aliphatic carbocycles. The van der Waals surface area contributed by atoms with Gasteiger partial charge in [-0.05, 0) is 17.7 Å². The predicted molar refractivity (Wildman–Crippen MR) is 83.0 cm³/mol. The van der Waals surface area contributed by atoms with E-state index in [2.05, 4.69) is 0 Å². The van der Waals surface area contributed by atoms with Gasteiger partial charge in [0, 0.05) is 12.1 Å². The van der Waals surface area contributed by atoms with Crippen LogP contribution in [0.2, 0.25) is 0 Å². The Hall–Kier alpha value is -2.93. The zero-order chi connectivity index (χ0) is 17.4. The Balaban J connectivity index is 2.05. The quantitative estimate of drug-likeness (QED) is 0.787. The van der Waals surface area contributed by atoms with Gasteiger partial charge in [0.25, 0.3) is 0 Å². The van der Waals surface area contributed by atoms with E-state index in [1.807, 2.05) is 0 Å². The number of aliphatic hydroxyl groups excluding tert-OH is 1. The van der Waals surface area contributed by atoms with Gasteiger partial charge in [0.1, 0.15) is 22.8 Å². The van der Waals surface area contributed by atoms with Gasteiger partial charge in [-0.25, -0.2) is 0 Å². The van der Waals surface area contributed by atoms with Crippen LogP contribution >= 0.6 is 0 Å². The van der Waals surface area contributed by atoms with Crippen LogP contribution in [-0.4, -0.2) is 41.4 Å². The lowest BCUT2D eigenvalue weighted by atomic mass is 9.92. The minimum absolute atomic E-state index is 0.0995. The first kappa shape index (κ1) is 15.9. The van der Waals surface area contributed by atoms with E-state index >= 15 is 0 Å². The zero-order valence-corrected chi connectivity index (χ0v) is 13.0. The minimum Gasteiger partial charge on any atom is -0.507 e. The Bertz CT molecular complexity index is 800. The highest BCUT2D eigenvalue weighted by Gasteiger charge is 2.39. The number of ether oxygens (including phenoxy) is 3. The van der Waals surface area contributed by atoms with Gasteiger partial charge in [-0.3, -0.25) is 4.79 Å². The summed E-state index contributed by atoms with van der Waals surface area (Å²) in [5.41, 5.74) is 0.291. The third-order valence-corrected chi connectivity index (χ3v) is 3.88. The molecule has 1 heterocycles. The number of hydrogen-bond donors (Lipinski definition) is 3. The molecular formula is C17H16O7. The maximum absolute atomic E-state index is 12.4. The van der Waals surface area contributed by atoms with Crippen molar-refractivity contribution in [2.75, 3.05) is 14.2 Å². The van der Waals surface area contributed by atoms with Crippen molar-refractivity contribution in [3.63, 3.8) is 0 Å². The van der Waals surface area contributed by atoms with E-state index in [0.29, 0.717) is 11.3 Å². The number of rotatable bonds is 3. The summed E-state index contributed by atoms with van der Waals surface area (Å²) in [4.78, 5) is 12.4. The maximum Gasteiger partial charge on any atom is 0.202 e. The summed E-state index contributed by atoms with van der Waals surface area (Å²) >= 11 is 0. The van der Waals surface area contributed by atoms with Crippen molar-refractivity contribution in [3.05, 3.63) is 41.5 Å². The molecule has 0 spiro atoms. The number of fused-ring (bicyclic) bond motifs is 1. The average molecular weight is 332 g/mol. The van der Waals surface area contributed by atoms with E-state index in [4.69, 9.17) is 14.2 Å². The average Bonchev–Trinajstić information content (AvgIpc) is 2.57. The predicted octanol–water partition coefficient (Wildman–Crippen LogP) is 1.79. The topological polar surface area (TPSA) is 105 Å². The Morgan fingerprint density at radius 2 is 1.79 bits per heavy atom. The molecule has 2 unspecified atom stereocenters. The molecule has 0 fully saturated rings. The number of hydrogen-bond acceptors (Lipinski definition) is 7. The van der Waals surface area contributed by atoms with E-state index in [9.17, 15) is 20.1 Å². The number of aromatic hydroxyl groups is 2. The molecule has 0 saturated heterocycles. The highest BCUT2D eigenvalue weighted by Crippen LogP contribution is 2.43. The van der Waals surface area contributed by atoms with E-state index in [-0.39, 0.29) is 28.6 Å². The van der Waals surface area contributed by atoms with Crippen molar-refractivity contribution in [3.8, 4) is 28.7 Å². The molecule has 7 nitrogen and oxygen atoms in total. The van der Waals surface area contributed by atoms with Gasteiger partial charge >= 0.3 is 0 Å². The van der Waals surface area contributed by atoms with E-state index in [1.54, 1.807) is 6.07 Å². The second-order valence-corrected chi connectivity index (χ2v) is 5.30.